The molecular weight excluding hydrogens is 308 g/mol. The van der Waals surface area contributed by atoms with Crippen LogP contribution in [0.3, 0.4) is 0 Å². The molecule has 0 bridgehead atoms. The Hall–Kier alpha value is -2.52. The van der Waals surface area contributed by atoms with Gasteiger partial charge in [-0.2, -0.15) is 0 Å². The van der Waals surface area contributed by atoms with E-state index in [0.29, 0.717) is 5.02 Å². The first kappa shape index (κ1) is 15.4. The van der Waals surface area contributed by atoms with Crippen molar-refractivity contribution < 1.29 is 4.79 Å². The van der Waals surface area contributed by atoms with E-state index in [-0.39, 0.29) is 6.03 Å². The third-order valence-corrected chi connectivity index (χ3v) is 3.99. The molecule has 0 spiro atoms. The van der Waals surface area contributed by atoms with E-state index in [0.717, 1.165) is 33.3 Å². The van der Waals surface area contributed by atoms with Crippen LogP contribution in [0.1, 0.15) is 11.1 Å². The molecule has 0 radical (unpaired) electrons. The molecule has 0 aliphatic rings. The standard InChI is InChI=1S/C19H17ClN2O/c1-12-10-15(20)11-13(2)18(12)22-19(23)21-17-9-5-7-14-6-3-4-8-16(14)17/h3-11H,1-2H3,(H2,21,22,23). The molecule has 0 aromatic heterocycles. The Labute approximate surface area is 140 Å². The lowest BCUT2D eigenvalue weighted by Crippen LogP contribution is -2.20. The van der Waals surface area contributed by atoms with E-state index < -0.39 is 0 Å². The van der Waals surface area contributed by atoms with Gasteiger partial charge in [0, 0.05) is 16.1 Å². The van der Waals surface area contributed by atoms with Crippen LogP contribution in [0.4, 0.5) is 16.2 Å². The Bertz CT molecular complexity index is 861. The fraction of sp³-hybridized carbons (Fsp3) is 0.105. The second-order valence-electron chi connectivity index (χ2n) is 5.52. The highest BCUT2D eigenvalue weighted by molar-refractivity contribution is 6.30. The van der Waals surface area contributed by atoms with Crippen LogP contribution in [-0.2, 0) is 0 Å². The molecule has 0 saturated heterocycles. The van der Waals surface area contributed by atoms with Gasteiger partial charge >= 0.3 is 6.03 Å². The molecule has 0 fully saturated rings. The van der Waals surface area contributed by atoms with Crippen molar-refractivity contribution in [1.29, 1.82) is 0 Å². The van der Waals surface area contributed by atoms with Crippen LogP contribution in [0.15, 0.2) is 54.6 Å². The first-order valence-corrected chi connectivity index (χ1v) is 7.75. The summed E-state index contributed by atoms with van der Waals surface area (Å²) in [5.74, 6) is 0. The van der Waals surface area contributed by atoms with Gasteiger partial charge in [0.25, 0.3) is 0 Å². The summed E-state index contributed by atoms with van der Waals surface area (Å²) >= 11 is 6.03. The van der Waals surface area contributed by atoms with Gasteiger partial charge in [0.05, 0.1) is 5.69 Å². The van der Waals surface area contributed by atoms with Gasteiger partial charge in [-0.1, -0.05) is 48.0 Å². The minimum Gasteiger partial charge on any atom is -0.307 e. The monoisotopic (exact) mass is 324 g/mol. The molecule has 3 nitrogen and oxygen atoms in total. The third-order valence-electron chi connectivity index (χ3n) is 3.77. The van der Waals surface area contributed by atoms with E-state index in [1.54, 1.807) is 0 Å². The molecule has 2 N–H and O–H groups in total. The number of hydrogen-bond acceptors (Lipinski definition) is 1. The summed E-state index contributed by atoms with van der Waals surface area (Å²) in [6.07, 6.45) is 0. The molecular formula is C19H17ClN2O. The van der Waals surface area contributed by atoms with E-state index in [1.807, 2.05) is 68.4 Å². The van der Waals surface area contributed by atoms with E-state index in [1.165, 1.54) is 0 Å². The maximum absolute atomic E-state index is 12.4. The number of halogens is 1. The molecule has 2 amide bonds. The number of carbonyl (C=O) groups is 1. The van der Waals surface area contributed by atoms with Crippen LogP contribution < -0.4 is 10.6 Å². The van der Waals surface area contributed by atoms with Crippen LogP contribution >= 0.6 is 11.6 Å². The van der Waals surface area contributed by atoms with Crippen LogP contribution in [0.25, 0.3) is 10.8 Å². The predicted octanol–water partition coefficient (Wildman–Crippen LogP) is 5.75. The number of amides is 2. The molecule has 3 aromatic carbocycles. The Morgan fingerprint density at radius 2 is 1.57 bits per heavy atom. The number of fused-ring (bicyclic) bond motifs is 1. The first-order valence-electron chi connectivity index (χ1n) is 7.37. The van der Waals surface area contributed by atoms with Crippen LogP contribution in [0, 0.1) is 13.8 Å². The Morgan fingerprint density at radius 3 is 2.30 bits per heavy atom. The average Bonchev–Trinajstić information content (AvgIpc) is 2.51. The quantitative estimate of drug-likeness (QED) is 0.618. The summed E-state index contributed by atoms with van der Waals surface area (Å²) in [6.45, 7) is 3.85. The largest absolute Gasteiger partial charge is 0.323 e. The van der Waals surface area contributed by atoms with Crippen molar-refractivity contribution in [2.24, 2.45) is 0 Å². The number of aryl methyl sites for hydroxylation is 2. The van der Waals surface area contributed by atoms with Crippen molar-refractivity contribution >= 4 is 39.8 Å². The Morgan fingerprint density at radius 1 is 0.913 bits per heavy atom. The molecule has 23 heavy (non-hydrogen) atoms. The van der Waals surface area contributed by atoms with E-state index in [9.17, 15) is 4.79 Å². The summed E-state index contributed by atoms with van der Waals surface area (Å²) in [5, 5.41) is 8.59. The zero-order valence-corrected chi connectivity index (χ0v) is 13.7. The molecule has 0 aliphatic carbocycles. The maximum Gasteiger partial charge on any atom is 0.323 e. The van der Waals surface area contributed by atoms with Gasteiger partial charge in [-0.15, -0.1) is 0 Å². The highest BCUT2D eigenvalue weighted by Crippen LogP contribution is 2.26. The molecule has 0 heterocycles. The van der Waals surface area contributed by atoms with Crippen molar-refractivity contribution in [3.05, 3.63) is 70.7 Å². The average molecular weight is 325 g/mol. The van der Waals surface area contributed by atoms with Crippen molar-refractivity contribution in [1.82, 2.24) is 0 Å². The van der Waals surface area contributed by atoms with E-state index in [2.05, 4.69) is 10.6 Å². The highest BCUT2D eigenvalue weighted by Gasteiger charge is 2.10. The van der Waals surface area contributed by atoms with Gasteiger partial charge in [0.15, 0.2) is 0 Å². The number of urea groups is 1. The second kappa shape index (κ2) is 6.31. The summed E-state index contributed by atoms with van der Waals surface area (Å²) < 4.78 is 0. The number of nitrogens with one attached hydrogen (secondary N) is 2. The Balaban J connectivity index is 1.85. The molecule has 0 atom stereocenters. The summed E-state index contributed by atoms with van der Waals surface area (Å²) in [5.41, 5.74) is 3.43. The second-order valence-corrected chi connectivity index (χ2v) is 5.96. The lowest BCUT2D eigenvalue weighted by Gasteiger charge is -2.14. The Kier molecular flexibility index (Phi) is 4.22. The van der Waals surface area contributed by atoms with Crippen molar-refractivity contribution in [3.63, 3.8) is 0 Å². The number of anilines is 2. The third kappa shape index (κ3) is 3.30. The molecule has 0 saturated carbocycles. The smallest absolute Gasteiger partial charge is 0.307 e. The first-order chi connectivity index (χ1) is 11.0. The van der Waals surface area contributed by atoms with Gasteiger partial charge in [-0.3, -0.25) is 0 Å². The fourth-order valence-electron chi connectivity index (χ4n) is 2.71. The zero-order chi connectivity index (χ0) is 16.4. The van der Waals surface area contributed by atoms with E-state index >= 15 is 0 Å². The number of carbonyl (C=O) groups excluding carboxylic acids is 1. The lowest BCUT2D eigenvalue weighted by molar-refractivity contribution is 0.262. The van der Waals surface area contributed by atoms with Crippen molar-refractivity contribution in [3.8, 4) is 0 Å². The predicted molar refractivity (Wildman–Crippen MR) is 97.5 cm³/mol. The van der Waals surface area contributed by atoms with Gasteiger partial charge in [-0.05, 0) is 48.6 Å². The number of hydrogen-bond donors (Lipinski definition) is 2. The lowest BCUT2D eigenvalue weighted by atomic mass is 10.1. The van der Waals surface area contributed by atoms with Crippen LogP contribution in [0.5, 0.6) is 0 Å². The van der Waals surface area contributed by atoms with Crippen molar-refractivity contribution in [2.75, 3.05) is 10.6 Å². The van der Waals surface area contributed by atoms with Gasteiger partial charge in [-0.25, -0.2) is 4.79 Å². The normalized spacial score (nSPS) is 10.6. The summed E-state index contributed by atoms with van der Waals surface area (Å²) in [4.78, 5) is 12.4. The van der Waals surface area contributed by atoms with Crippen molar-refractivity contribution in [2.45, 2.75) is 13.8 Å². The molecule has 4 heteroatoms. The fourth-order valence-corrected chi connectivity index (χ4v) is 3.04. The van der Waals surface area contributed by atoms with Gasteiger partial charge < -0.3 is 10.6 Å². The topological polar surface area (TPSA) is 41.1 Å². The molecule has 0 aliphatic heterocycles. The minimum atomic E-state index is -0.269. The molecule has 0 unspecified atom stereocenters. The summed E-state index contributed by atoms with van der Waals surface area (Å²) in [7, 11) is 0. The van der Waals surface area contributed by atoms with Crippen LogP contribution in [-0.4, -0.2) is 6.03 Å². The summed E-state index contributed by atoms with van der Waals surface area (Å²) in [6, 6.07) is 17.2. The maximum atomic E-state index is 12.4. The molecule has 3 aromatic rings. The van der Waals surface area contributed by atoms with Gasteiger partial charge in [0.1, 0.15) is 0 Å². The molecule has 3 rings (SSSR count). The number of benzene rings is 3. The minimum absolute atomic E-state index is 0.269. The zero-order valence-electron chi connectivity index (χ0n) is 13.0. The van der Waals surface area contributed by atoms with Gasteiger partial charge in [0.2, 0.25) is 0 Å². The van der Waals surface area contributed by atoms with E-state index in [4.69, 9.17) is 11.6 Å². The number of rotatable bonds is 2. The van der Waals surface area contributed by atoms with Crippen LogP contribution in [0.2, 0.25) is 5.02 Å². The highest BCUT2D eigenvalue weighted by atomic mass is 35.5. The molecule has 116 valence electrons. The SMILES string of the molecule is Cc1cc(Cl)cc(C)c1NC(=O)Nc1cccc2ccccc12.